The van der Waals surface area contributed by atoms with Gasteiger partial charge in [0.25, 0.3) is 0 Å². The molecule has 0 radical (unpaired) electrons. The van der Waals surface area contributed by atoms with Crippen LogP contribution in [0.4, 0.5) is 0 Å². The number of primary sulfonamides is 1. The van der Waals surface area contributed by atoms with Gasteiger partial charge in [-0.25, -0.2) is 13.6 Å². The fraction of sp³-hybridized carbons (Fsp3) is 0.391. The predicted octanol–water partition coefficient (Wildman–Crippen LogP) is 3.99. The smallest absolute Gasteiger partial charge is 0.213 e. The summed E-state index contributed by atoms with van der Waals surface area (Å²) in [7, 11) is 1.30. The lowest BCUT2D eigenvalue weighted by Gasteiger charge is -2.16. The van der Waals surface area contributed by atoms with Gasteiger partial charge in [-0.1, -0.05) is 24.3 Å². The number of nitrogens with two attached hydrogens (primary N) is 1. The van der Waals surface area contributed by atoms with Crippen LogP contribution >= 0.6 is 0 Å². The van der Waals surface area contributed by atoms with E-state index in [1.165, 1.54) is 24.0 Å². The summed E-state index contributed by atoms with van der Waals surface area (Å²) in [5, 5.41) is 5.18. The summed E-state index contributed by atoms with van der Waals surface area (Å²) in [6, 6.07) is 11.7. The predicted molar refractivity (Wildman–Crippen MR) is 117 cm³/mol. The number of benzene rings is 2. The van der Waals surface area contributed by atoms with Gasteiger partial charge in [0.05, 0.1) is 27.1 Å². The average Bonchev–Trinajstić information content (AvgIpc) is 3.36. The first-order chi connectivity index (χ1) is 14.3. The fourth-order valence-corrected chi connectivity index (χ4v) is 5.06. The molecule has 0 aromatic heterocycles. The molecule has 1 fully saturated rings. The second-order valence-electron chi connectivity index (χ2n) is 8.23. The highest BCUT2D eigenvalue weighted by Gasteiger charge is 2.48. The summed E-state index contributed by atoms with van der Waals surface area (Å²) >= 11 is 0. The van der Waals surface area contributed by atoms with Gasteiger partial charge in [0.2, 0.25) is 15.8 Å². The Morgan fingerprint density at radius 3 is 1.83 bits per heavy atom. The first kappa shape index (κ1) is 20.8. The molecule has 0 saturated heterocycles. The Balaban J connectivity index is 1.77. The second-order valence-corrected chi connectivity index (χ2v) is 9.84. The lowest BCUT2D eigenvalue weighted by atomic mass is 9.96. The lowest BCUT2D eigenvalue weighted by molar-refractivity contribution is 0.324. The highest BCUT2D eigenvalue weighted by atomic mass is 32.2. The van der Waals surface area contributed by atoms with Crippen LogP contribution in [0.25, 0.3) is 11.1 Å². The SMILES string of the molecule is COc1cc(C2=C(c3ccc(CS(N)(=O)=O)cc3)CC3(CC3)C2)cc(OC)c1OC. The minimum atomic E-state index is -3.55. The van der Waals surface area contributed by atoms with Crippen molar-refractivity contribution in [1.82, 2.24) is 0 Å². The topological polar surface area (TPSA) is 87.9 Å². The molecule has 4 rings (SSSR count). The number of ether oxygens (including phenoxy) is 3. The van der Waals surface area contributed by atoms with E-state index < -0.39 is 10.0 Å². The molecule has 0 heterocycles. The third-order valence-corrected chi connectivity index (χ3v) is 6.84. The van der Waals surface area contributed by atoms with E-state index >= 15 is 0 Å². The summed E-state index contributed by atoms with van der Waals surface area (Å²) < 4.78 is 39.3. The molecular weight excluding hydrogens is 402 g/mol. The van der Waals surface area contributed by atoms with Crippen LogP contribution < -0.4 is 19.3 Å². The molecule has 30 heavy (non-hydrogen) atoms. The van der Waals surface area contributed by atoms with Crippen LogP contribution in [0.2, 0.25) is 0 Å². The number of methoxy groups -OCH3 is 3. The van der Waals surface area contributed by atoms with E-state index in [0.29, 0.717) is 28.2 Å². The third kappa shape index (κ3) is 4.04. The van der Waals surface area contributed by atoms with E-state index in [1.807, 2.05) is 36.4 Å². The van der Waals surface area contributed by atoms with E-state index in [1.54, 1.807) is 21.3 Å². The lowest BCUT2D eigenvalue weighted by Crippen LogP contribution is -2.14. The molecule has 0 aliphatic heterocycles. The number of hydrogen-bond acceptors (Lipinski definition) is 5. The second kappa shape index (κ2) is 7.63. The Morgan fingerprint density at radius 2 is 1.40 bits per heavy atom. The zero-order chi connectivity index (χ0) is 21.5. The zero-order valence-corrected chi connectivity index (χ0v) is 18.3. The molecule has 0 amide bonds. The maximum absolute atomic E-state index is 11.4. The fourth-order valence-electron chi connectivity index (χ4n) is 4.40. The first-order valence-corrected chi connectivity index (χ1v) is 11.6. The van der Waals surface area contributed by atoms with E-state index in [0.717, 1.165) is 24.0 Å². The van der Waals surface area contributed by atoms with Crippen molar-refractivity contribution in [1.29, 1.82) is 0 Å². The van der Waals surface area contributed by atoms with Gasteiger partial charge in [0.1, 0.15) is 0 Å². The van der Waals surface area contributed by atoms with Crippen molar-refractivity contribution in [3.63, 3.8) is 0 Å². The van der Waals surface area contributed by atoms with Gasteiger partial charge in [-0.3, -0.25) is 0 Å². The standard InChI is InChI=1S/C23H27NO5S/c1-27-20-10-17(11-21(28-2)22(20)29-3)19-13-23(8-9-23)12-18(19)16-6-4-15(5-7-16)14-30(24,25)26/h4-7,10-11H,8-9,12-14H2,1-3H3,(H2,24,25,26). The third-order valence-electron chi connectivity index (χ3n) is 6.11. The van der Waals surface area contributed by atoms with Gasteiger partial charge in [-0.05, 0) is 71.1 Å². The van der Waals surface area contributed by atoms with Crippen LogP contribution in [-0.4, -0.2) is 29.7 Å². The van der Waals surface area contributed by atoms with Gasteiger partial charge in [-0.2, -0.15) is 0 Å². The van der Waals surface area contributed by atoms with Crippen molar-refractivity contribution < 1.29 is 22.6 Å². The molecule has 1 spiro atoms. The Bertz CT molecular complexity index is 1070. The van der Waals surface area contributed by atoms with Gasteiger partial charge in [0, 0.05) is 0 Å². The Kier molecular flexibility index (Phi) is 5.28. The molecule has 2 aromatic carbocycles. The summed E-state index contributed by atoms with van der Waals surface area (Å²) in [4.78, 5) is 0. The molecule has 1 saturated carbocycles. The molecule has 7 heteroatoms. The van der Waals surface area contributed by atoms with Crippen molar-refractivity contribution in [2.75, 3.05) is 21.3 Å². The maximum atomic E-state index is 11.4. The number of sulfonamides is 1. The van der Waals surface area contributed by atoms with Crippen molar-refractivity contribution >= 4 is 21.2 Å². The number of hydrogen-bond donors (Lipinski definition) is 1. The largest absolute Gasteiger partial charge is 0.493 e. The zero-order valence-electron chi connectivity index (χ0n) is 17.5. The molecule has 6 nitrogen and oxygen atoms in total. The van der Waals surface area contributed by atoms with E-state index in [-0.39, 0.29) is 5.75 Å². The summed E-state index contributed by atoms with van der Waals surface area (Å²) in [5.41, 5.74) is 5.80. The quantitative estimate of drug-likeness (QED) is 0.719. The minimum absolute atomic E-state index is 0.157. The summed E-state index contributed by atoms with van der Waals surface area (Å²) in [6.45, 7) is 0. The monoisotopic (exact) mass is 429 g/mol. The van der Waals surface area contributed by atoms with Crippen LogP contribution in [0.3, 0.4) is 0 Å². The normalized spacial score (nSPS) is 17.3. The van der Waals surface area contributed by atoms with Gasteiger partial charge in [0.15, 0.2) is 11.5 Å². The maximum Gasteiger partial charge on any atom is 0.213 e. The molecule has 160 valence electrons. The summed E-state index contributed by atoms with van der Waals surface area (Å²) in [6.07, 6.45) is 4.50. The Labute approximate surface area is 177 Å². The first-order valence-electron chi connectivity index (χ1n) is 9.90. The van der Waals surface area contributed by atoms with Crippen LogP contribution in [0.5, 0.6) is 17.2 Å². The highest BCUT2D eigenvalue weighted by Crippen LogP contribution is 2.63. The van der Waals surface area contributed by atoms with E-state index in [2.05, 4.69) is 0 Å². The number of allylic oxidation sites excluding steroid dienone is 2. The van der Waals surface area contributed by atoms with Gasteiger partial charge in [-0.15, -0.1) is 0 Å². The van der Waals surface area contributed by atoms with Crippen molar-refractivity contribution in [3.05, 3.63) is 53.1 Å². The van der Waals surface area contributed by atoms with Crippen molar-refractivity contribution in [2.45, 2.75) is 31.4 Å². The summed E-state index contributed by atoms with van der Waals surface area (Å²) in [5.74, 6) is 1.70. The highest BCUT2D eigenvalue weighted by molar-refractivity contribution is 7.88. The minimum Gasteiger partial charge on any atom is -0.493 e. The van der Waals surface area contributed by atoms with E-state index in [9.17, 15) is 8.42 Å². The van der Waals surface area contributed by atoms with Crippen LogP contribution in [0, 0.1) is 5.41 Å². The molecule has 0 unspecified atom stereocenters. The Morgan fingerprint density at radius 1 is 0.867 bits per heavy atom. The molecule has 2 aliphatic carbocycles. The average molecular weight is 430 g/mol. The van der Waals surface area contributed by atoms with Gasteiger partial charge >= 0.3 is 0 Å². The van der Waals surface area contributed by atoms with Crippen LogP contribution in [-0.2, 0) is 15.8 Å². The van der Waals surface area contributed by atoms with E-state index in [4.69, 9.17) is 19.3 Å². The molecule has 0 atom stereocenters. The van der Waals surface area contributed by atoms with Crippen molar-refractivity contribution in [3.8, 4) is 17.2 Å². The van der Waals surface area contributed by atoms with Crippen LogP contribution in [0.15, 0.2) is 36.4 Å². The number of rotatable bonds is 7. The molecule has 2 N–H and O–H groups in total. The molecule has 2 aliphatic rings. The molecule has 2 aromatic rings. The van der Waals surface area contributed by atoms with Gasteiger partial charge < -0.3 is 14.2 Å². The van der Waals surface area contributed by atoms with Crippen molar-refractivity contribution in [2.24, 2.45) is 10.6 Å². The molecule has 0 bridgehead atoms. The molecular formula is C23H27NO5S. The Hall–Kier alpha value is -2.51. The van der Waals surface area contributed by atoms with Crippen LogP contribution in [0.1, 0.15) is 42.4 Å².